The van der Waals surface area contributed by atoms with Crippen LogP contribution in [0.15, 0.2) is 16.5 Å². The second-order valence-electron chi connectivity index (χ2n) is 5.99. The summed E-state index contributed by atoms with van der Waals surface area (Å²) in [5.41, 5.74) is 5.44. The van der Waals surface area contributed by atoms with Crippen LogP contribution in [-0.4, -0.2) is 67.3 Å². The van der Waals surface area contributed by atoms with Gasteiger partial charge < -0.3 is 15.1 Å². The second-order valence-corrected chi connectivity index (χ2v) is 8.14. The maximum atomic E-state index is 12.0. The van der Waals surface area contributed by atoms with E-state index in [-0.39, 0.29) is 36.0 Å². The maximum absolute atomic E-state index is 12.0. The quantitative estimate of drug-likeness (QED) is 0.793. The summed E-state index contributed by atoms with van der Waals surface area (Å²) in [6, 6.07) is 3.32. The first-order valence-corrected chi connectivity index (χ1v) is 9.21. The highest BCUT2D eigenvalue weighted by molar-refractivity contribution is 7.91. The highest BCUT2D eigenvalue weighted by Gasteiger charge is 2.47. The predicted molar refractivity (Wildman–Crippen MR) is 80.9 cm³/mol. The Morgan fingerprint density at radius 1 is 1.32 bits per heavy atom. The van der Waals surface area contributed by atoms with Gasteiger partial charge in [0.1, 0.15) is 11.5 Å². The number of fused-ring (bicyclic) bond motifs is 1. The molecular weight excluding hydrogens is 306 g/mol. The van der Waals surface area contributed by atoms with Gasteiger partial charge in [-0.15, -0.1) is 0 Å². The van der Waals surface area contributed by atoms with Gasteiger partial charge in [0.15, 0.2) is 9.84 Å². The number of furan rings is 1. The number of nitrogens with zero attached hydrogens (tertiary/aromatic N) is 2. The summed E-state index contributed by atoms with van der Waals surface area (Å²) in [5.74, 6) is 1.59. The largest absolute Gasteiger partial charge is 0.465 e. The van der Waals surface area contributed by atoms with Crippen molar-refractivity contribution in [3.63, 3.8) is 0 Å². The standard InChI is InChI=1S/C14H21N3O4S/c1-10-2-3-11(21-10)7-16-4-5-17(14(18)6-15)13-9-22(19,20)8-12(13)16/h2-3,12-13H,4-9,15H2,1H3/t12-,13+/m1/s1. The van der Waals surface area contributed by atoms with E-state index >= 15 is 0 Å². The molecule has 2 aliphatic rings. The van der Waals surface area contributed by atoms with Gasteiger partial charge in [-0.05, 0) is 19.1 Å². The fraction of sp³-hybridized carbons (Fsp3) is 0.643. The van der Waals surface area contributed by atoms with E-state index in [0.29, 0.717) is 19.6 Å². The number of carbonyl (C=O) groups excluding carboxylic acids is 1. The minimum Gasteiger partial charge on any atom is -0.465 e. The van der Waals surface area contributed by atoms with Crippen molar-refractivity contribution in [3.8, 4) is 0 Å². The van der Waals surface area contributed by atoms with E-state index in [1.165, 1.54) is 0 Å². The van der Waals surface area contributed by atoms with E-state index in [2.05, 4.69) is 4.90 Å². The Morgan fingerprint density at radius 3 is 2.68 bits per heavy atom. The van der Waals surface area contributed by atoms with Gasteiger partial charge in [0.2, 0.25) is 5.91 Å². The van der Waals surface area contributed by atoms with Crippen molar-refractivity contribution >= 4 is 15.7 Å². The first-order chi connectivity index (χ1) is 10.4. The number of piperazine rings is 1. The van der Waals surface area contributed by atoms with Crippen LogP contribution in [0.25, 0.3) is 0 Å². The summed E-state index contributed by atoms with van der Waals surface area (Å²) in [6.45, 7) is 3.49. The van der Waals surface area contributed by atoms with Gasteiger partial charge in [-0.1, -0.05) is 0 Å². The molecule has 1 amide bonds. The van der Waals surface area contributed by atoms with Crippen molar-refractivity contribution in [2.24, 2.45) is 5.73 Å². The number of sulfone groups is 1. The number of hydrogen-bond donors (Lipinski definition) is 1. The number of carbonyl (C=O) groups is 1. The van der Waals surface area contributed by atoms with Gasteiger partial charge in [-0.3, -0.25) is 9.69 Å². The summed E-state index contributed by atoms with van der Waals surface area (Å²) in [7, 11) is -3.13. The molecule has 0 radical (unpaired) electrons. The normalized spacial score (nSPS) is 27.8. The first kappa shape index (κ1) is 15.5. The minimum atomic E-state index is -3.13. The molecule has 1 aromatic heterocycles. The van der Waals surface area contributed by atoms with Crippen molar-refractivity contribution in [1.29, 1.82) is 0 Å². The molecule has 0 aliphatic carbocycles. The van der Waals surface area contributed by atoms with E-state index in [9.17, 15) is 13.2 Å². The minimum absolute atomic E-state index is 0.0249. The van der Waals surface area contributed by atoms with Crippen LogP contribution in [0.1, 0.15) is 11.5 Å². The third-order valence-electron chi connectivity index (χ3n) is 4.44. The Kier molecular flexibility index (Phi) is 4.00. The molecule has 0 bridgehead atoms. The zero-order valence-electron chi connectivity index (χ0n) is 12.6. The predicted octanol–water partition coefficient (Wildman–Crippen LogP) is -0.643. The fourth-order valence-electron chi connectivity index (χ4n) is 3.42. The molecule has 122 valence electrons. The van der Waals surface area contributed by atoms with Crippen LogP contribution in [-0.2, 0) is 21.2 Å². The van der Waals surface area contributed by atoms with Crippen molar-refractivity contribution in [3.05, 3.63) is 23.7 Å². The number of nitrogens with two attached hydrogens (primary N) is 1. The molecule has 1 aromatic rings. The number of rotatable bonds is 3. The third kappa shape index (κ3) is 2.90. The van der Waals surface area contributed by atoms with Gasteiger partial charge in [0.25, 0.3) is 0 Å². The highest BCUT2D eigenvalue weighted by atomic mass is 32.2. The lowest BCUT2D eigenvalue weighted by Gasteiger charge is -2.43. The first-order valence-electron chi connectivity index (χ1n) is 7.39. The number of hydrogen-bond acceptors (Lipinski definition) is 6. The molecule has 2 fully saturated rings. The van der Waals surface area contributed by atoms with E-state index < -0.39 is 9.84 Å². The molecule has 8 heteroatoms. The summed E-state index contributed by atoms with van der Waals surface area (Å²) >= 11 is 0. The Labute approximate surface area is 130 Å². The Balaban J connectivity index is 1.81. The second kappa shape index (κ2) is 5.68. The molecule has 0 saturated carbocycles. The van der Waals surface area contributed by atoms with Crippen LogP contribution < -0.4 is 5.73 Å². The molecule has 3 heterocycles. The maximum Gasteiger partial charge on any atom is 0.236 e. The number of amides is 1. The monoisotopic (exact) mass is 327 g/mol. The van der Waals surface area contributed by atoms with E-state index in [4.69, 9.17) is 10.2 Å². The van der Waals surface area contributed by atoms with Crippen LogP contribution >= 0.6 is 0 Å². The number of aryl methyl sites for hydroxylation is 1. The topological polar surface area (TPSA) is 96.9 Å². The van der Waals surface area contributed by atoms with E-state index in [1.54, 1.807) is 4.90 Å². The molecule has 7 nitrogen and oxygen atoms in total. The molecule has 2 saturated heterocycles. The Bertz CT molecular complexity index is 669. The summed E-state index contributed by atoms with van der Waals surface area (Å²) in [5, 5.41) is 0. The molecule has 2 N–H and O–H groups in total. The van der Waals surface area contributed by atoms with Crippen LogP contribution in [0.2, 0.25) is 0 Å². The van der Waals surface area contributed by atoms with E-state index in [0.717, 1.165) is 11.5 Å². The average Bonchev–Trinajstić information content (AvgIpc) is 3.00. The van der Waals surface area contributed by atoms with Gasteiger partial charge >= 0.3 is 0 Å². The van der Waals surface area contributed by atoms with Crippen LogP contribution in [0.4, 0.5) is 0 Å². The molecular formula is C14H21N3O4S. The zero-order valence-corrected chi connectivity index (χ0v) is 13.4. The van der Waals surface area contributed by atoms with Crippen molar-refractivity contribution in [1.82, 2.24) is 9.80 Å². The molecule has 3 rings (SSSR count). The summed E-state index contributed by atoms with van der Waals surface area (Å²) < 4.78 is 29.7. The highest BCUT2D eigenvalue weighted by Crippen LogP contribution is 2.28. The Morgan fingerprint density at radius 2 is 2.05 bits per heavy atom. The van der Waals surface area contributed by atoms with Crippen LogP contribution in [0, 0.1) is 6.92 Å². The van der Waals surface area contributed by atoms with E-state index in [1.807, 2.05) is 19.1 Å². The molecule has 0 aromatic carbocycles. The zero-order chi connectivity index (χ0) is 15.9. The van der Waals surface area contributed by atoms with Crippen molar-refractivity contribution in [2.75, 3.05) is 31.1 Å². The Hall–Kier alpha value is -1.38. The lowest BCUT2D eigenvalue weighted by molar-refractivity contribution is -0.135. The molecule has 22 heavy (non-hydrogen) atoms. The van der Waals surface area contributed by atoms with Gasteiger partial charge in [0.05, 0.1) is 30.6 Å². The SMILES string of the molecule is Cc1ccc(CN2CCN(C(=O)CN)[C@H]3CS(=O)(=O)C[C@H]32)o1. The average molecular weight is 327 g/mol. The molecule has 0 spiro atoms. The molecule has 2 atom stereocenters. The smallest absolute Gasteiger partial charge is 0.236 e. The lowest BCUT2D eigenvalue weighted by atomic mass is 10.0. The van der Waals surface area contributed by atoms with Crippen LogP contribution in [0.5, 0.6) is 0 Å². The van der Waals surface area contributed by atoms with Gasteiger partial charge in [-0.2, -0.15) is 0 Å². The van der Waals surface area contributed by atoms with Crippen molar-refractivity contribution in [2.45, 2.75) is 25.6 Å². The summed E-state index contributed by atoms with van der Waals surface area (Å²) in [4.78, 5) is 15.7. The van der Waals surface area contributed by atoms with Gasteiger partial charge in [-0.25, -0.2) is 8.42 Å². The van der Waals surface area contributed by atoms with Crippen LogP contribution in [0.3, 0.4) is 0 Å². The molecule has 2 aliphatic heterocycles. The van der Waals surface area contributed by atoms with Crippen molar-refractivity contribution < 1.29 is 17.6 Å². The van der Waals surface area contributed by atoms with Gasteiger partial charge in [0, 0.05) is 19.1 Å². The molecule has 0 unspecified atom stereocenters. The lowest BCUT2D eigenvalue weighted by Crippen LogP contribution is -2.61. The summed E-state index contributed by atoms with van der Waals surface area (Å²) in [6.07, 6.45) is 0. The fourth-order valence-corrected chi connectivity index (χ4v) is 5.43. The third-order valence-corrected chi connectivity index (χ3v) is 6.14.